The second-order valence-corrected chi connectivity index (χ2v) is 3.94. The van der Waals surface area contributed by atoms with E-state index in [0.29, 0.717) is 6.42 Å². The molecule has 5 heteroatoms. The van der Waals surface area contributed by atoms with E-state index < -0.39 is 12.0 Å². The molecule has 2 N–H and O–H groups in total. The van der Waals surface area contributed by atoms with Gasteiger partial charge in [0.1, 0.15) is 6.54 Å². The number of hydrogen-bond acceptors (Lipinski definition) is 4. The number of ether oxygens (including phenoxy) is 1. The van der Waals surface area contributed by atoms with Gasteiger partial charge in [0, 0.05) is 5.69 Å². The lowest BCUT2D eigenvalue weighted by Crippen LogP contribution is -2.50. The Morgan fingerprint density at radius 1 is 1.53 bits per heavy atom. The number of benzene rings is 1. The van der Waals surface area contributed by atoms with Gasteiger partial charge in [-0.05, 0) is 18.1 Å². The van der Waals surface area contributed by atoms with E-state index in [4.69, 9.17) is 5.73 Å². The van der Waals surface area contributed by atoms with E-state index in [2.05, 4.69) is 4.74 Å². The summed E-state index contributed by atoms with van der Waals surface area (Å²) in [5.41, 5.74) is 7.47. The molecule has 5 nitrogen and oxygen atoms in total. The normalized spacial score (nSPS) is 18.8. The molecule has 1 aromatic rings. The fraction of sp³-hybridized carbons (Fsp3) is 0.333. The van der Waals surface area contributed by atoms with E-state index >= 15 is 0 Å². The lowest BCUT2D eigenvalue weighted by Gasteiger charge is -2.31. The van der Waals surface area contributed by atoms with Crippen LogP contribution in [0, 0.1) is 0 Å². The maximum absolute atomic E-state index is 11.9. The molecular weight excluding hydrogens is 220 g/mol. The molecule has 0 aliphatic carbocycles. The standard InChI is InChI=1S/C12H14N2O3/c1-17-11(15)7-14-10-5-3-2-4-8(10)6-9(13)12(14)16/h2-5,9H,6-7,13H2,1H3/t9-/m0/s1. The van der Waals surface area contributed by atoms with Crippen molar-refractivity contribution >= 4 is 17.6 Å². The van der Waals surface area contributed by atoms with Gasteiger partial charge >= 0.3 is 5.97 Å². The number of amides is 1. The third-order valence-electron chi connectivity index (χ3n) is 2.82. The zero-order valence-electron chi connectivity index (χ0n) is 9.55. The van der Waals surface area contributed by atoms with E-state index in [1.165, 1.54) is 12.0 Å². The third kappa shape index (κ3) is 2.14. The molecule has 1 amide bonds. The van der Waals surface area contributed by atoms with E-state index in [0.717, 1.165) is 11.3 Å². The predicted octanol–water partition coefficient (Wildman–Crippen LogP) is 0.0760. The van der Waals surface area contributed by atoms with Gasteiger partial charge in [-0.2, -0.15) is 0 Å². The maximum Gasteiger partial charge on any atom is 0.325 e. The summed E-state index contributed by atoms with van der Waals surface area (Å²) in [7, 11) is 1.29. The highest BCUT2D eigenvalue weighted by molar-refractivity contribution is 6.03. The highest BCUT2D eigenvalue weighted by Gasteiger charge is 2.31. The van der Waals surface area contributed by atoms with Gasteiger partial charge in [-0.15, -0.1) is 0 Å². The van der Waals surface area contributed by atoms with Crippen LogP contribution in [0.1, 0.15) is 5.56 Å². The van der Waals surface area contributed by atoms with Crippen molar-refractivity contribution in [2.24, 2.45) is 5.73 Å². The number of fused-ring (bicyclic) bond motifs is 1. The largest absolute Gasteiger partial charge is 0.468 e. The van der Waals surface area contributed by atoms with Crippen LogP contribution in [0.4, 0.5) is 5.69 Å². The molecule has 0 saturated heterocycles. The monoisotopic (exact) mass is 234 g/mol. The van der Waals surface area contributed by atoms with Crippen LogP contribution in [-0.2, 0) is 20.7 Å². The van der Waals surface area contributed by atoms with E-state index in [1.54, 1.807) is 0 Å². The number of carbonyl (C=O) groups is 2. The first kappa shape index (κ1) is 11.6. The molecule has 0 unspecified atom stereocenters. The Morgan fingerprint density at radius 2 is 2.24 bits per heavy atom. The van der Waals surface area contributed by atoms with Gasteiger partial charge in [-0.25, -0.2) is 0 Å². The summed E-state index contributed by atoms with van der Waals surface area (Å²) >= 11 is 0. The first-order valence-corrected chi connectivity index (χ1v) is 5.35. The van der Waals surface area contributed by atoms with Crippen molar-refractivity contribution in [3.63, 3.8) is 0 Å². The van der Waals surface area contributed by atoms with Crippen molar-refractivity contribution in [2.75, 3.05) is 18.6 Å². The van der Waals surface area contributed by atoms with Crippen LogP contribution in [0.15, 0.2) is 24.3 Å². The molecule has 0 fully saturated rings. The second-order valence-electron chi connectivity index (χ2n) is 3.94. The lowest BCUT2D eigenvalue weighted by molar-refractivity contribution is -0.140. The predicted molar refractivity (Wildman–Crippen MR) is 62.5 cm³/mol. The van der Waals surface area contributed by atoms with Gasteiger partial charge in [-0.3, -0.25) is 14.5 Å². The zero-order chi connectivity index (χ0) is 12.4. The summed E-state index contributed by atoms with van der Waals surface area (Å²) in [6.07, 6.45) is 0.507. The summed E-state index contributed by atoms with van der Waals surface area (Å²) < 4.78 is 4.58. The Balaban J connectivity index is 2.35. The molecule has 0 saturated carbocycles. The summed E-state index contributed by atoms with van der Waals surface area (Å²) in [6, 6.07) is 6.84. The Kier molecular flexibility index (Phi) is 3.10. The molecule has 1 aliphatic heterocycles. The minimum Gasteiger partial charge on any atom is -0.468 e. The van der Waals surface area contributed by atoms with Crippen LogP contribution >= 0.6 is 0 Å². The number of nitrogens with two attached hydrogens (primary N) is 1. The average molecular weight is 234 g/mol. The molecular formula is C12H14N2O3. The minimum absolute atomic E-state index is 0.0972. The summed E-state index contributed by atoms with van der Waals surface area (Å²) in [4.78, 5) is 24.6. The molecule has 0 radical (unpaired) electrons. The van der Waals surface area contributed by atoms with Crippen LogP contribution in [0.3, 0.4) is 0 Å². The van der Waals surface area contributed by atoms with Gasteiger partial charge in [0.15, 0.2) is 0 Å². The zero-order valence-corrected chi connectivity index (χ0v) is 9.55. The first-order chi connectivity index (χ1) is 8.13. The Labute approximate surface area is 99.2 Å². The molecule has 1 aromatic carbocycles. The quantitative estimate of drug-likeness (QED) is 0.735. The molecule has 1 heterocycles. The molecule has 1 aliphatic rings. The van der Waals surface area contributed by atoms with Crippen molar-refractivity contribution in [2.45, 2.75) is 12.5 Å². The number of para-hydroxylation sites is 1. The number of nitrogens with zero attached hydrogens (tertiary/aromatic N) is 1. The third-order valence-corrected chi connectivity index (χ3v) is 2.82. The summed E-state index contributed by atoms with van der Waals surface area (Å²) in [5, 5.41) is 0. The van der Waals surface area contributed by atoms with Gasteiger partial charge < -0.3 is 10.5 Å². The van der Waals surface area contributed by atoms with E-state index in [-0.39, 0.29) is 12.5 Å². The molecule has 0 bridgehead atoms. The summed E-state index contributed by atoms with van der Waals surface area (Å²) in [5.74, 6) is -0.698. The number of methoxy groups -OCH3 is 1. The first-order valence-electron chi connectivity index (χ1n) is 5.35. The Morgan fingerprint density at radius 3 is 2.94 bits per heavy atom. The SMILES string of the molecule is COC(=O)CN1C(=O)[C@@H](N)Cc2ccccc21. The van der Waals surface area contributed by atoms with Gasteiger partial charge in [0.25, 0.3) is 0 Å². The van der Waals surface area contributed by atoms with Crippen molar-refractivity contribution in [1.82, 2.24) is 0 Å². The maximum atomic E-state index is 11.9. The lowest BCUT2D eigenvalue weighted by atomic mass is 9.98. The second kappa shape index (κ2) is 4.55. The number of rotatable bonds is 2. The van der Waals surface area contributed by atoms with Crippen LogP contribution in [0.2, 0.25) is 0 Å². The van der Waals surface area contributed by atoms with Gasteiger partial charge in [-0.1, -0.05) is 18.2 Å². The molecule has 17 heavy (non-hydrogen) atoms. The highest BCUT2D eigenvalue weighted by atomic mass is 16.5. The van der Waals surface area contributed by atoms with Crippen molar-refractivity contribution in [1.29, 1.82) is 0 Å². The van der Waals surface area contributed by atoms with Crippen LogP contribution < -0.4 is 10.6 Å². The smallest absolute Gasteiger partial charge is 0.325 e. The molecule has 90 valence electrons. The minimum atomic E-state index is -0.588. The molecule has 0 spiro atoms. The number of hydrogen-bond donors (Lipinski definition) is 1. The molecule has 0 aromatic heterocycles. The number of anilines is 1. The summed E-state index contributed by atoms with van der Waals surface area (Å²) in [6.45, 7) is -0.0972. The van der Waals surface area contributed by atoms with E-state index in [1.807, 2.05) is 24.3 Å². The Hall–Kier alpha value is -1.88. The van der Waals surface area contributed by atoms with Gasteiger partial charge in [0.05, 0.1) is 13.2 Å². The van der Waals surface area contributed by atoms with Crippen molar-refractivity contribution in [3.8, 4) is 0 Å². The van der Waals surface area contributed by atoms with Gasteiger partial charge in [0.2, 0.25) is 5.91 Å². The average Bonchev–Trinajstić information content (AvgIpc) is 2.34. The number of carbonyl (C=O) groups excluding carboxylic acids is 2. The highest BCUT2D eigenvalue weighted by Crippen LogP contribution is 2.26. The fourth-order valence-electron chi connectivity index (χ4n) is 1.95. The molecule has 1 atom stereocenters. The van der Waals surface area contributed by atoms with Crippen molar-refractivity contribution < 1.29 is 14.3 Å². The number of esters is 1. The molecule has 2 rings (SSSR count). The van der Waals surface area contributed by atoms with Crippen LogP contribution in [0.5, 0.6) is 0 Å². The Bertz CT molecular complexity index is 459. The van der Waals surface area contributed by atoms with E-state index in [9.17, 15) is 9.59 Å². The fourth-order valence-corrected chi connectivity index (χ4v) is 1.95. The van der Waals surface area contributed by atoms with Crippen LogP contribution in [0.25, 0.3) is 0 Å². The van der Waals surface area contributed by atoms with Crippen molar-refractivity contribution in [3.05, 3.63) is 29.8 Å². The van der Waals surface area contributed by atoms with Crippen LogP contribution in [-0.4, -0.2) is 31.6 Å². The topological polar surface area (TPSA) is 72.6 Å².